The number of fused-ring (bicyclic) bond motifs is 6. The third-order valence-electron chi connectivity index (χ3n) is 19.2. The molecule has 3 heterocycles. The Bertz CT molecular complexity index is 1840. The second-order valence-corrected chi connectivity index (χ2v) is 22.9. The molecular weight excluding hydrogens is 881 g/mol. The van der Waals surface area contributed by atoms with Crippen molar-refractivity contribution in [3.05, 3.63) is 23.3 Å². The van der Waals surface area contributed by atoms with Crippen LogP contribution in [0.2, 0.25) is 0 Å². The first-order chi connectivity index (χ1) is 31.4. The van der Waals surface area contributed by atoms with Gasteiger partial charge in [0.05, 0.1) is 44.7 Å². The SMILES string of the molecule is C[C@@H]1O[C@@H](O[C@H]2[C@H](O)[C@@H](O)[C@H](OC3CCC4(C)C(CCC5(C)C4C=CC4=C6CC(C)(CO)CCC6(CO)C(O)CC45C)C3(C)CO)O[C@@H]2CO[C@@H]2O[C@H](CO)[C@@H](O)[C@H](O)[C@H]2O)[C@H](O)[C@H](O)[C@H]1O. The van der Waals surface area contributed by atoms with Crippen LogP contribution in [0.3, 0.4) is 0 Å². The van der Waals surface area contributed by atoms with Gasteiger partial charge in [0, 0.05) is 22.9 Å². The Morgan fingerprint density at radius 1 is 0.642 bits per heavy atom. The predicted molar refractivity (Wildman–Crippen MR) is 233 cm³/mol. The topological polar surface area (TPSA) is 318 Å². The molecule has 3 aliphatic heterocycles. The van der Waals surface area contributed by atoms with E-state index in [1.54, 1.807) is 0 Å². The van der Waals surface area contributed by atoms with Crippen LogP contribution in [0.1, 0.15) is 92.9 Å². The summed E-state index contributed by atoms with van der Waals surface area (Å²) in [4.78, 5) is 0. The summed E-state index contributed by atoms with van der Waals surface area (Å²) in [5.74, 6) is -0.121. The van der Waals surface area contributed by atoms with E-state index in [9.17, 15) is 66.4 Å². The van der Waals surface area contributed by atoms with E-state index in [1.165, 1.54) is 6.92 Å². The lowest BCUT2D eigenvalue weighted by Gasteiger charge is -2.70. The van der Waals surface area contributed by atoms with Gasteiger partial charge in [-0.25, -0.2) is 0 Å². The van der Waals surface area contributed by atoms with Gasteiger partial charge in [-0.1, -0.05) is 52.3 Å². The number of hydrogen-bond donors (Lipinski definition) is 13. The molecule has 0 radical (unpaired) electrons. The Labute approximate surface area is 391 Å². The quantitative estimate of drug-likeness (QED) is 0.105. The van der Waals surface area contributed by atoms with Gasteiger partial charge in [-0.2, -0.15) is 0 Å². The molecule has 8 rings (SSSR count). The minimum absolute atomic E-state index is 0.00136. The van der Waals surface area contributed by atoms with Crippen LogP contribution in [0.5, 0.6) is 0 Å². The Hall–Kier alpha value is -1.28. The molecule has 10 unspecified atom stereocenters. The van der Waals surface area contributed by atoms with E-state index < -0.39 is 134 Å². The molecule has 0 aromatic rings. The second-order valence-electron chi connectivity index (χ2n) is 22.9. The van der Waals surface area contributed by atoms with Crippen molar-refractivity contribution in [2.24, 2.45) is 44.3 Å². The number of ether oxygens (including phenoxy) is 6. The fraction of sp³-hybridized carbons (Fsp3) is 0.917. The van der Waals surface area contributed by atoms with Gasteiger partial charge in [-0.05, 0) is 91.9 Å². The summed E-state index contributed by atoms with van der Waals surface area (Å²) in [6, 6.07) is 0. The van der Waals surface area contributed by atoms with Gasteiger partial charge in [-0.15, -0.1) is 0 Å². The van der Waals surface area contributed by atoms with Crippen LogP contribution in [0.25, 0.3) is 0 Å². The molecule has 384 valence electrons. The maximum absolute atomic E-state index is 12.1. The summed E-state index contributed by atoms with van der Waals surface area (Å²) in [7, 11) is 0. The maximum Gasteiger partial charge on any atom is 0.187 e. The molecule has 0 bridgehead atoms. The van der Waals surface area contributed by atoms with Gasteiger partial charge in [0.25, 0.3) is 0 Å². The smallest absolute Gasteiger partial charge is 0.187 e. The monoisotopic (exact) mass is 959 g/mol. The number of aliphatic hydroxyl groups excluding tert-OH is 13. The lowest BCUT2D eigenvalue weighted by atomic mass is 9.35. The molecule has 3 saturated carbocycles. The van der Waals surface area contributed by atoms with Gasteiger partial charge in [0.2, 0.25) is 0 Å². The van der Waals surface area contributed by atoms with Gasteiger partial charge < -0.3 is 94.8 Å². The van der Waals surface area contributed by atoms with E-state index in [0.29, 0.717) is 44.9 Å². The first kappa shape index (κ1) is 52.1. The normalized spacial score (nSPS) is 55.6. The third-order valence-corrected chi connectivity index (χ3v) is 19.2. The molecule has 5 aliphatic carbocycles. The third kappa shape index (κ3) is 8.06. The van der Waals surface area contributed by atoms with E-state index in [4.69, 9.17) is 28.4 Å². The molecule has 0 aromatic carbocycles. The van der Waals surface area contributed by atoms with E-state index >= 15 is 0 Å². The summed E-state index contributed by atoms with van der Waals surface area (Å²) in [5.41, 5.74) is -1.05. The molecule has 6 fully saturated rings. The fourth-order valence-corrected chi connectivity index (χ4v) is 14.5. The van der Waals surface area contributed by atoms with Crippen molar-refractivity contribution < 1.29 is 94.8 Å². The highest BCUT2D eigenvalue weighted by atomic mass is 16.8. The van der Waals surface area contributed by atoms with Crippen LogP contribution in [-0.4, -0.2) is 204 Å². The molecule has 25 atom stereocenters. The summed E-state index contributed by atoms with van der Waals surface area (Å²) in [5, 5.41) is 141. The fourth-order valence-electron chi connectivity index (χ4n) is 14.5. The molecule has 19 heteroatoms. The molecular formula is C48H78O19. The van der Waals surface area contributed by atoms with Crippen LogP contribution in [0, 0.1) is 44.3 Å². The zero-order valence-corrected chi connectivity index (χ0v) is 39.6. The summed E-state index contributed by atoms with van der Waals surface area (Å²) >= 11 is 0. The number of allylic oxidation sites excluding steroid dienone is 3. The second kappa shape index (κ2) is 18.6. The van der Waals surface area contributed by atoms with Crippen LogP contribution in [0.15, 0.2) is 23.3 Å². The van der Waals surface area contributed by atoms with Crippen LogP contribution >= 0.6 is 0 Å². The van der Waals surface area contributed by atoms with Crippen molar-refractivity contribution in [2.75, 3.05) is 33.0 Å². The van der Waals surface area contributed by atoms with E-state index in [0.717, 1.165) is 17.6 Å². The van der Waals surface area contributed by atoms with E-state index in [1.807, 2.05) is 6.92 Å². The standard InChI is InChI=1S/C48H78O19/c1-22-31(54)33(56)37(60)41(63-22)67-39-26(18-62-40-36(59)34(57)32(55)25(17-49)64-40)65-42(38(61)35(39)58)66-30-10-11-44(3)27(45(30,4)20-51)9-12-46(5)28(44)8-7-23-24-15-43(2,19-50)13-14-48(24,21-52)29(53)16-47(23,46)6/h7-8,22,25-42,49-61H,9-21H2,1-6H3/t22-,25+,26+,27?,28?,29?,30?,31-,32+,33+,34-,35+,36+,37+,38+,39+,40+,41-,42-,43?,44?,45?,46?,47?,48?/m0/s1. The number of aliphatic hydroxyl groups is 13. The molecule has 67 heavy (non-hydrogen) atoms. The number of hydrogen-bond acceptors (Lipinski definition) is 19. The van der Waals surface area contributed by atoms with Crippen molar-refractivity contribution in [1.82, 2.24) is 0 Å². The molecule has 13 N–H and O–H groups in total. The summed E-state index contributed by atoms with van der Waals surface area (Å²) in [6.07, 6.45) is -16.1. The molecule has 0 aromatic heterocycles. The minimum Gasteiger partial charge on any atom is -0.396 e. The Morgan fingerprint density at radius 2 is 1.28 bits per heavy atom. The average molecular weight is 959 g/mol. The van der Waals surface area contributed by atoms with Crippen molar-refractivity contribution >= 4 is 0 Å². The molecule has 3 saturated heterocycles. The van der Waals surface area contributed by atoms with Crippen molar-refractivity contribution in [3.63, 3.8) is 0 Å². The number of rotatable bonds is 11. The zero-order chi connectivity index (χ0) is 49.0. The first-order valence-corrected chi connectivity index (χ1v) is 24.3. The van der Waals surface area contributed by atoms with Crippen molar-refractivity contribution in [1.29, 1.82) is 0 Å². The Balaban J connectivity index is 1.06. The van der Waals surface area contributed by atoms with Gasteiger partial charge in [-0.3, -0.25) is 0 Å². The molecule has 19 nitrogen and oxygen atoms in total. The first-order valence-electron chi connectivity index (χ1n) is 24.3. The van der Waals surface area contributed by atoms with E-state index in [2.05, 4.69) is 39.8 Å². The van der Waals surface area contributed by atoms with Crippen molar-refractivity contribution in [2.45, 2.75) is 197 Å². The highest BCUT2D eigenvalue weighted by Crippen LogP contribution is 2.74. The zero-order valence-electron chi connectivity index (χ0n) is 39.6. The maximum atomic E-state index is 12.1. The lowest BCUT2D eigenvalue weighted by Crippen LogP contribution is -2.67. The summed E-state index contributed by atoms with van der Waals surface area (Å²) in [6.45, 7) is 10.5. The highest BCUT2D eigenvalue weighted by Gasteiger charge is 2.69. The van der Waals surface area contributed by atoms with Crippen LogP contribution in [-0.2, 0) is 28.4 Å². The van der Waals surface area contributed by atoms with E-state index in [-0.39, 0.29) is 47.9 Å². The van der Waals surface area contributed by atoms with Gasteiger partial charge >= 0.3 is 0 Å². The minimum atomic E-state index is -1.83. The van der Waals surface area contributed by atoms with Crippen molar-refractivity contribution in [3.8, 4) is 0 Å². The Morgan fingerprint density at radius 3 is 1.94 bits per heavy atom. The lowest BCUT2D eigenvalue weighted by molar-refractivity contribution is -0.374. The molecule has 8 aliphatic rings. The van der Waals surface area contributed by atoms with Crippen LogP contribution < -0.4 is 0 Å². The Kier molecular flexibility index (Phi) is 14.5. The highest BCUT2D eigenvalue weighted by molar-refractivity contribution is 5.47. The average Bonchev–Trinajstić information content (AvgIpc) is 3.30. The largest absolute Gasteiger partial charge is 0.396 e. The summed E-state index contributed by atoms with van der Waals surface area (Å²) < 4.78 is 36.0. The molecule has 0 amide bonds. The van der Waals surface area contributed by atoms with Gasteiger partial charge in [0.1, 0.15) is 67.1 Å². The molecule has 0 spiro atoms. The van der Waals surface area contributed by atoms with Crippen LogP contribution in [0.4, 0.5) is 0 Å². The predicted octanol–water partition coefficient (Wildman–Crippen LogP) is -1.52. The van der Waals surface area contributed by atoms with Gasteiger partial charge in [0.15, 0.2) is 18.9 Å².